The maximum atomic E-state index is 4.60. The summed E-state index contributed by atoms with van der Waals surface area (Å²) in [6.45, 7) is 8.68. The molecule has 0 atom stereocenters. The van der Waals surface area contributed by atoms with Gasteiger partial charge in [-0.25, -0.2) is 0 Å². The molecule has 1 N–H and O–H groups in total. The Labute approximate surface area is 121 Å². The molecule has 0 fully saturated rings. The number of aromatic nitrogens is 1. The van der Waals surface area contributed by atoms with Gasteiger partial charge in [0.05, 0.1) is 5.70 Å². The first-order chi connectivity index (χ1) is 9.58. The number of H-pyrrole nitrogens is 1. The largest absolute Gasteiger partial charge is 0.361 e. The summed E-state index contributed by atoms with van der Waals surface area (Å²) in [5.41, 5.74) is 10.7. The van der Waals surface area contributed by atoms with Gasteiger partial charge in [-0.15, -0.1) is 0 Å². The molecule has 1 aliphatic heterocycles. The number of hydrogen-bond acceptors (Lipinski definition) is 1. The highest BCUT2D eigenvalue weighted by Crippen LogP contribution is 2.35. The number of aryl methyl sites for hydroxylation is 1. The van der Waals surface area contributed by atoms with Crippen LogP contribution < -0.4 is 0 Å². The van der Waals surface area contributed by atoms with Crippen molar-refractivity contribution in [3.63, 3.8) is 0 Å². The van der Waals surface area contributed by atoms with Gasteiger partial charge < -0.3 is 4.98 Å². The Bertz CT molecular complexity index is 678. The molecule has 2 nitrogen and oxygen atoms in total. The van der Waals surface area contributed by atoms with Gasteiger partial charge >= 0.3 is 0 Å². The van der Waals surface area contributed by atoms with Crippen molar-refractivity contribution in [3.8, 4) is 0 Å². The molecule has 1 aliphatic carbocycles. The molecule has 0 bridgehead atoms. The van der Waals surface area contributed by atoms with Gasteiger partial charge in [-0.1, -0.05) is 6.08 Å². The van der Waals surface area contributed by atoms with Gasteiger partial charge in [0, 0.05) is 18.1 Å². The summed E-state index contributed by atoms with van der Waals surface area (Å²) in [7, 11) is 0. The molecule has 20 heavy (non-hydrogen) atoms. The van der Waals surface area contributed by atoms with Gasteiger partial charge in [0.1, 0.15) is 0 Å². The highest BCUT2D eigenvalue weighted by atomic mass is 14.8. The van der Waals surface area contributed by atoms with E-state index in [9.17, 15) is 0 Å². The highest BCUT2D eigenvalue weighted by Gasteiger charge is 2.18. The van der Waals surface area contributed by atoms with Crippen molar-refractivity contribution in [2.24, 2.45) is 4.99 Å². The molecule has 0 amide bonds. The molecule has 2 heterocycles. The molecule has 0 radical (unpaired) electrons. The second-order valence-corrected chi connectivity index (χ2v) is 5.93. The number of aromatic amines is 1. The van der Waals surface area contributed by atoms with Crippen LogP contribution in [0.1, 0.15) is 49.9 Å². The lowest BCUT2D eigenvalue weighted by atomic mass is 9.89. The third-order valence-electron chi connectivity index (χ3n) is 4.60. The maximum Gasteiger partial charge on any atom is 0.0694 e. The van der Waals surface area contributed by atoms with Gasteiger partial charge in [-0.2, -0.15) is 0 Å². The van der Waals surface area contributed by atoms with Crippen molar-refractivity contribution < 1.29 is 0 Å². The molecular formula is C18H22N2. The summed E-state index contributed by atoms with van der Waals surface area (Å²) in [6.07, 6.45) is 9.96. The van der Waals surface area contributed by atoms with Crippen LogP contribution in [0.5, 0.6) is 0 Å². The Balaban J connectivity index is 2.05. The van der Waals surface area contributed by atoms with Crippen molar-refractivity contribution in [2.45, 2.75) is 47.0 Å². The predicted molar refractivity (Wildman–Crippen MR) is 86.0 cm³/mol. The molecule has 0 saturated carbocycles. The normalized spacial score (nSPS) is 22.7. The minimum absolute atomic E-state index is 1.14. The van der Waals surface area contributed by atoms with Crippen LogP contribution in [0.15, 0.2) is 39.7 Å². The average Bonchev–Trinajstić information content (AvgIpc) is 2.95. The summed E-state index contributed by atoms with van der Waals surface area (Å²) >= 11 is 0. The maximum absolute atomic E-state index is 4.60. The Kier molecular flexibility index (Phi) is 3.25. The van der Waals surface area contributed by atoms with E-state index in [1.54, 1.807) is 0 Å². The highest BCUT2D eigenvalue weighted by molar-refractivity contribution is 5.86. The Hall–Kier alpha value is -1.83. The first-order valence-electron chi connectivity index (χ1n) is 7.38. The summed E-state index contributed by atoms with van der Waals surface area (Å²) in [6, 6.07) is 0. The van der Waals surface area contributed by atoms with E-state index >= 15 is 0 Å². The minimum Gasteiger partial charge on any atom is -0.361 e. The van der Waals surface area contributed by atoms with Crippen molar-refractivity contribution >= 4 is 11.8 Å². The van der Waals surface area contributed by atoms with Crippen LogP contribution in [-0.4, -0.2) is 11.2 Å². The third-order valence-corrected chi connectivity index (χ3v) is 4.60. The van der Waals surface area contributed by atoms with Crippen molar-refractivity contribution in [2.75, 3.05) is 0 Å². The fourth-order valence-electron chi connectivity index (χ4n) is 3.00. The van der Waals surface area contributed by atoms with E-state index in [-0.39, 0.29) is 0 Å². The van der Waals surface area contributed by atoms with Gasteiger partial charge in [0.25, 0.3) is 0 Å². The van der Waals surface area contributed by atoms with Gasteiger partial charge in [-0.05, 0) is 80.4 Å². The Morgan fingerprint density at radius 3 is 2.50 bits per heavy atom. The average molecular weight is 266 g/mol. The lowest BCUT2D eigenvalue weighted by Crippen LogP contribution is -1.99. The number of rotatable bonds is 1. The second kappa shape index (κ2) is 4.93. The Morgan fingerprint density at radius 2 is 1.90 bits per heavy atom. The number of allylic oxidation sites excluding steroid dienone is 5. The molecule has 2 aliphatic rings. The van der Waals surface area contributed by atoms with Gasteiger partial charge in [0.2, 0.25) is 0 Å². The summed E-state index contributed by atoms with van der Waals surface area (Å²) < 4.78 is 0. The van der Waals surface area contributed by atoms with Gasteiger partial charge in [0.15, 0.2) is 0 Å². The molecule has 104 valence electrons. The van der Waals surface area contributed by atoms with E-state index in [1.165, 1.54) is 51.2 Å². The lowest BCUT2D eigenvalue weighted by Gasteiger charge is -2.17. The minimum atomic E-state index is 1.14. The smallest absolute Gasteiger partial charge is 0.0694 e. The van der Waals surface area contributed by atoms with E-state index in [4.69, 9.17) is 0 Å². The summed E-state index contributed by atoms with van der Waals surface area (Å²) in [5.74, 6) is 0. The van der Waals surface area contributed by atoms with Crippen molar-refractivity contribution in [1.82, 2.24) is 4.98 Å². The number of aliphatic imine (C=N–C) groups is 1. The van der Waals surface area contributed by atoms with E-state index in [2.05, 4.69) is 49.9 Å². The zero-order valence-electron chi connectivity index (χ0n) is 12.8. The van der Waals surface area contributed by atoms with Crippen LogP contribution in [0, 0.1) is 13.8 Å². The lowest BCUT2D eigenvalue weighted by molar-refractivity contribution is 0.822. The fourth-order valence-corrected chi connectivity index (χ4v) is 3.00. The number of nitrogens with zero attached hydrogens (tertiary/aromatic N) is 1. The van der Waals surface area contributed by atoms with E-state index in [1.807, 2.05) is 6.21 Å². The number of nitrogens with one attached hydrogen (secondary N) is 1. The molecule has 3 rings (SSSR count). The van der Waals surface area contributed by atoms with Crippen LogP contribution >= 0.6 is 0 Å². The fraction of sp³-hybridized carbons (Fsp3) is 0.389. The monoisotopic (exact) mass is 266 g/mol. The molecule has 0 saturated heterocycles. The van der Waals surface area contributed by atoms with E-state index in [0.29, 0.717) is 0 Å². The summed E-state index contributed by atoms with van der Waals surface area (Å²) in [4.78, 5) is 8.04. The topological polar surface area (TPSA) is 28.1 Å². The summed E-state index contributed by atoms with van der Waals surface area (Å²) in [5, 5.41) is 0. The van der Waals surface area contributed by atoms with Crippen LogP contribution in [-0.2, 0) is 0 Å². The molecule has 0 aromatic carbocycles. The predicted octanol–water partition coefficient (Wildman–Crippen LogP) is 4.87. The molecule has 1 aromatic heterocycles. The molecule has 0 unspecified atom stereocenters. The van der Waals surface area contributed by atoms with Crippen LogP contribution in [0.4, 0.5) is 0 Å². The van der Waals surface area contributed by atoms with Crippen LogP contribution in [0.25, 0.3) is 5.57 Å². The molecule has 1 aromatic rings. The first kappa shape index (κ1) is 13.2. The molecule has 2 heteroatoms. The van der Waals surface area contributed by atoms with Crippen LogP contribution in [0.2, 0.25) is 0 Å². The molecule has 0 spiro atoms. The quantitative estimate of drug-likeness (QED) is 0.751. The Morgan fingerprint density at radius 1 is 1.10 bits per heavy atom. The second-order valence-electron chi connectivity index (χ2n) is 5.93. The zero-order valence-corrected chi connectivity index (χ0v) is 12.8. The van der Waals surface area contributed by atoms with E-state index < -0.39 is 0 Å². The standard InChI is InChI=1S/C18H22N2/c1-11-9-19-17(13(11)3)15-6-5-7-16(8-15)18-14(4)12(2)10-20-18/h8-10,19H,5-7H2,1-4H3/b18-16-. The number of hydrogen-bond donors (Lipinski definition) is 1. The van der Waals surface area contributed by atoms with Gasteiger partial charge in [-0.3, -0.25) is 4.99 Å². The molecular weight excluding hydrogens is 244 g/mol. The van der Waals surface area contributed by atoms with Crippen molar-refractivity contribution in [3.05, 3.63) is 51.5 Å². The third kappa shape index (κ3) is 2.09. The first-order valence-corrected chi connectivity index (χ1v) is 7.38. The van der Waals surface area contributed by atoms with Crippen LogP contribution in [0.3, 0.4) is 0 Å². The zero-order chi connectivity index (χ0) is 14.3. The van der Waals surface area contributed by atoms with E-state index in [0.717, 1.165) is 12.8 Å². The van der Waals surface area contributed by atoms with Crippen molar-refractivity contribution in [1.29, 1.82) is 0 Å². The SMILES string of the molecule is CC1=C(C)/C(=C2/C=C(c3[nH]cc(C)c3C)CCC2)N=C1.